The number of halogens is 1. The molecule has 142 valence electrons. The highest BCUT2D eigenvalue weighted by molar-refractivity contribution is 5.96. The maximum atomic E-state index is 12.9. The second kappa shape index (κ2) is 8.68. The predicted molar refractivity (Wildman–Crippen MR) is 104 cm³/mol. The lowest BCUT2D eigenvalue weighted by atomic mass is 10.1. The van der Waals surface area contributed by atoms with Crippen LogP contribution in [-0.4, -0.2) is 11.9 Å². The molecule has 0 aliphatic carbocycles. The molecular weight excluding hydrogens is 361 g/mol. The summed E-state index contributed by atoms with van der Waals surface area (Å²) in [5.41, 5.74) is 6.81. The molecule has 3 aromatic rings. The van der Waals surface area contributed by atoms with Crippen molar-refractivity contribution in [3.63, 3.8) is 0 Å². The van der Waals surface area contributed by atoms with Gasteiger partial charge in [0.2, 0.25) is 0 Å². The number of amides is 3. The van der Waals surface area contributed by atoms with Crippen molar-refractivity contribution in [2.24, 2.45) is 5.73 Å². The normalized spacial score (nSPS) is 10.2. The molecule has 0 bridgehead atoms. The number of rotatable bonds is 6. The summed E-state index contributed by atoms with van der Waals surface area (Å²) in [4.78, 5) is 23.2. The molecule has 0 atom stereocenters. The zero-order valence-electron chi connectivity index (χ0n) is 14.8. The second-order valence-corrected chi connectivity index (χ2v) is 5.95. The van der Waals surface area contributed by atoms with E-state index in [4.69, 9.17) is 10.5 Å². The Bertz CT molecular complexity index is 973. The van der Waals surface area contributed by atoms with Gasteiger partial charge < -0.3 is 21.1 Å². The zero-order valence-corrected chi connectivity index (χ0v) is 14.8. The van der Waals surface area contributed by atoms with E-state index in [0.717, 1.165) is 5.56 Å². The van der Waals surface area contributed by atoms with Crippen molar-refractivity contribution in [3.8, 4) is 11.5 Å². The van der Waals surface area contributed by atoms with E-state index in [9.17, 15) is 14.0 Å². The molecule has 6 nitrogen and oxygen atoms in total. The van der Waals surface area contributed by atoms with Gasteiger partial charge in [-0.2, -0.15) is 0 Å². The molecule has 0 saturated carbocycles. The van der Waals surface area contributed by atoms with Gasteiger partial charge in [-0.1, -0.05) is 18.2 Å². The molecule has 4 N–H and O–H groups in total. The molecule has 3 amide bonds. The molecule has 0 aliphatic rings. The lowest BCUT2D eigenvalue weighted by Crippen LogP contribution is -2.23. The van der Waals surface area contributed by atoms with Crippen LogP contribution in [0, 0.1) is 5.82 Å². The van der Waals surface area contributed by atoms with Crippen LogP contribution in [0.25, 0.3) is 0 Å². The van der Waals surface area contributed by atoms with Gasteiger partial charge in [0.25, 0.3) is 5.91 Å². The van der Waals surface area contributed by atoms with Crippen molar-refractivity contribution in [1.29, 1.82) is 0 Å². The fraction of sp³-hybridized carbons (Fsp3) is 0.0476. The van der Waals surface area contributed by atoms with Crippen LogP contribution in [0.2, 0.25) is 0 Å². The van der Waals surface area contributed by atoms with E-state index >= 15 is 0 Å². The van der Waals surface area contributed by atoms with Crippen molar-refractivity contribution < 1.29 is 18.7 Å². The molecule has 0 spiro atoms. The largest absolute Gasteiger partial charge is 0.457 e. The molecule has 0 fully saturated rings. The zero-order chi connectivity index (χ0) is 19.9. The minimum Gasteiger partial charge on any atom is -0.457 e. The van der Waals surface area contributed by atoms with Crippen LogP contribution >= 0.6 is 0 Å². The molecule has 0 heterocycles. The van der Waals surface area contributed by atoms with Crippen LogP contribution in [0.5, 0.6) is 11.5 Å². The molecule has 0 unspecified atom stereocenters. The highest BCUT2D eigenvalue weighted by Gasteiger charge is 2.07. The van der Waals surface area contributed by atoms with Crippen LogP contribution < -0.4 is 21.1 Å². The SMILES string of the molecule is NC(=O)Nc1cccc(C(=O)NCc2ccc(Oc3ccc(F)cc3)cc2)c1. The van der Waals surface area contributed by atoms with Gasteiger partial charge >= 0.3 is 6.03 Å². The third-order valence-corrected chi connectivity index (χ3v) is 3.82. The van der Waals surface area contributed by atoms with Crippen LogP contribution in [0.4, 0.5) is 14.9 Å². The number of carbonyl (C=O) groups excluding carboxylic acids is 2. The molecule has 3 aromatic carbocycles. The lowest BCUT2D eigenvalue weighted by Gasteiger charge is -2.09. The number of carbonyl (C=O) groups is 2. The van der Waals surface area contributed by atoms with Crippen molar-refractivity contribution in [3.05, 3.63) is 89.7 Å². The maximum absolute atomic E-state index is 12.9. The molecule has 7 heteroatoms. The second-order valence-electron chi connectivity index (χ2n) is 5.95. The summed E-state index contributed by atoms with van der Waals surface area (Å²) >= 11 is 0. The van der Waals surface area contributed by atoms with Gasteiger partial charge in [0.05, 0.1) is 0 Å². The highest BCUT2D eigenvalue weighted by Crippen LogP contribution is 2.22. The van der Waals surface area contributed by atoms with Gasteiger partial charge in [0, 0.05) is 17.8 Å². The summed E-state index contributed by atoms with van der Waals surface area (Å²) in [6.45, 7) is 0.323. The Kier molecular flexibility index (Phi) is 5.86. The summed E-state index contributed by atoms with van der Waals surface area (Å²) in [5.74, 6) is 0.535. The first-order chi connectivity index (χ1) is 13.5. The predicted octanol–water partition coefficient (Wildman–Crippen LogP) is 4.04. The Hall–Kier alpha value is -3.87. The fourth-order valence-corrected chi connectivity index (χ4v) is 2.48. The maximum Gasteiger partial charge on any atom is 0.316 e. The molecule has 0 radical (unpaired) electrons. The number of ether oxygens (including phenoxy) is 1. The lowest BCUT2D eigenvalue weighted by molar-refractivity contribution is 0.0951. The quantitative estimate of drug-likeness (QED) is 0.603. The van der Waals surface area contributed by atoms with Crippen molar-refractivity contribution in [1.82, 2.24) is 5.32 Å². The van der Waals surface area contributed by atoms with Crippen molar-refractivity contribution >= 4 is 17.6 Å². The number of anilines is 1. The molecule has 0 saturated heterocycles. The first kappa shape index (κ1) is 18.9. The van der Waals surface area contributed by atoms with Gasteiger partial charge in [0.1, 0.15) is 17.3 Å². The standard InChI is InChI=1S/C21H18FN3O3/c22-16-6-10-19(11-7-16)28-18-8-4-14(5-9-18)13-24-20(26)15-2-1-3-17(12-15)25-21(23)27/h1-12H,13H2,(H,24,26)(H3,23,25,27). The highest BCUT2D eigenvalue weighted by atomic mass is 19.1. The van der Waals surface area contributed by atoms with E-state index < -0.39 is 6.03 Å². The Labute approximate surface area is 161 Å². The van der Waals surface area contributed by atoms with E-state index in [1.54, 1.807) is 48.5 Å². The van der Waals surface area contributed by atoms with Crippen LogP contribution in [0.3, 0.4) is 0 Å². The summed E-state index contributed by atoms with van der Waals surface area (Å²) in [6.07, 6.45) is 0. The van der Waals surface area contributed by atoms with E-state index in [1.807, 2.05) is 12.1 Å². The summed E-state index contributed by atoms with van der Waals surface area (Å²) in [7, 11) is 0. The number of urea groups is 1. The van der Waals surface area contributed by atoms with Crippen LogP contribution in [-0.2, 0) is 6.54 Å². The van der Waals surface area contributed by atoms with Gasteiger partial charge in [-0.3, -0.25) is 4.79 Å². The number of primary amides is 1. The summed E-state index contributed by atoms with van der Waals surface area (Å²) in [5, 5.41) is 5.23. The Morgan fingerprint density at radius 1 is 0.929 bits per heavy atom. The van der Waals surface area contributed by atoms with Crippen LogP contribution in [0.1, 0.15) is 15.9 Å². The molecular formula is C21H18FN3O3. The Morgan fingerprint density at radius 3 is 2.21 bits per heavy atom. The third-order valence-electron chi connectivity index (χ3n) is 3.82. The number of hydrogen-bond donors (Lipinski definition) is 3. The van der Waals surface area contributed by atoms with E-state index in [2.05, 4.69) is 10.6 Å². The van der Waals surface area contributed by atoms with Crippen molar-refractivity contribution in [2.75, 3.05) is 5.32 Å². The van der Waals surface area contributed by atoms with Gasteiger partial charge in [-0.05, 0) is 60.2 Å². The first-order valence-electron chi connectivity index (χ1n) is 8.47. The molecule has 0 aliphatic heterocycles. The smallest absolute Gasteiger partial charge is 0.316 e. The minimum atomic E-state index is -0.694. The number of hydrogen-bond acceptors (Lipinski definition) is 3. The average Bonchev–Trinajstić information content (AvgIpc) is 2.69. The first-order valence-corrected chi connectivity index (χ1v) is 8.47. The number of benzene rings is 3. The Balaban J connectivity index is 1.56. The van der Waals surface area contributed by atoms with Crippen molar-refractivity contribution in [2.45, 2.75) is 6.54 Å². The number of nitrogens with two attached hydrogens (primary N) is 1. The third kappa shape index (κ3) is 5.31. The topological polar surface area (TPSA) is 93.5 Å². The minimum absolute atomic E-state index is 0.278. The molecule has 3 rings (SSSR count). The van der Waals surface area contributed by atoms with Crippen LogP contribution in [0.15, 0.2) is 72.8 Å². The van der Waals surface area contributed by atoms with Gasteiger partial charge in [0.15, 0.2) is 0 Å². The van der Waals surface area contributed by atoms with Gasteiger partial charge in [-0.15, -0.1) is 0 Å². The number of nitrogens with one attached hydrogen (secondary N) is 2. The average molecular weight is 379 g/mol. The fourth-order valence-electron chi connectivity index (χ4n) is 2.48. The Morgan fingerprint density at radius 2 is 1.57 bits per heavy atom. The monoisotopic (exact) mass is 379 g/mol. The molecule has 28 heavy (non-hydrogen) atoms. The van der Waals surface area contributed by atoms with E-state index in [-0.39, 0.29) is 11.7 Å². The summed E-state index contributed by atoms with van der Waals surface area (Å²) in [6, 6.07) is 18.7. The van der Waals surface area contributed by atoms with E-state index in [1.165, 1.54) is 12.1 Å². The summed E-state index contributed by atoms with van der Waals surface area (Å²) < 4.78 is 18.5. The van der Waals surface area contributed by atoms with E-state index in [0.29, 0.717) is 29.3 Å². The molecule has 0 aromatic heterocycles. The van der Waals surface area contributed by atoms with Gasteiger partial charge in [-0.25, -0.2) is 9.18 Å².